The van der Waals surface area contributed by atoms with Crippen molar-refractivity contribution in [2.75, 3.05) is 5.32 Å². The lowest BCUT2D eigenvalue weighted by Gasteiger charge is -2.31. The van der Waals surface area contributed by atoms with Gasteiger partial charge in [0, 0.05) is 34.4 Å². The van der Waals surface area contributed by atoms with Crippen LogP contribution in [-0.4, -0.2) is 21.9 Å². The summed E-state index contributed by atoms with van der Waals surface area (Å²) in [6, 6.07) is 17.3. The summed E-state index contributed by atoms with van der Waals surface area (Å²) in [7, 11) is 0. The maximum Gasteiger partial charge on any atom is 0.433 e. The van der Waals surface area contributed by atoms with E-state index in [0.717, 1.165) is 42.5 Å². The number of nitrogens with one attached hydrogen (secondary N) is 2. The molecule has 8 heteroatoms. The Morgan fingerprint density at radius 1 is 0.944 bits per heavy atom. The summed E-state index contributed by atoms with van der Waals surface area (Å²) in [5.41, 5.74) is 0.727. The predicted octanol–water partition coefficient (Wildman–Crippen LogP) is 6.72. The van der Waals surface area contributed by atoms with Crippen LogP contribution in [0.25, 0.3) is 21.7 Å². The average Bonchev–Trinajstić information content (AvgIpc) is 2.88. The summed E-state index contributed by atoms with van der Waals surface area (Å²) in [6.45, 7) is 4.12. The number of anilines is 1. The van der Waals surface area contributed by atoms with E-state index in [-0.39, 0.29) is 23.4 Å². The highest BCUT2D eigenvalue weighted by atomic mass is 19.4. The zero-order chi connectivity index (χ0) is 25.3. The van der Waals surface area contributed by atoms with Crippen molar-refractivity contribution in [3.63, 3.8) is 0 Å². The molecule has 2 aromatic heterocycles. The topological polar surface area (TPSA) is 66.9 Å². The van der Waals surface area contributed by atoms with Crippen LogP contribution in [-0.2, 0) is 6.18 Å². The molecule has 1 saturated carbocycles. The molecule has 0 spiro atoms. The van der Waals surface area contributed by atoms with Crippen LogP contribution in [0.4, 0.5) is 18.9 Å². The van der Waals surface area contributed by atoms with Crippen molar-refractivity contribution < 1.29 is 18.0 Å². The molecule has 184 valence electrons. The molecule has 5 rings (SSSR count). The number of carbonyl (C=O) groups is 1. The van der Waals surface area contributed by atoms with E-state index in [4.69, 9.17) is 0 Å². The monoisotopic (exact) mass is 490 g/mol. The van der Waals surface area contributed by atoms with E-state index in [1.807, 2.05) is 24.3 Å². The molecule has 4 aromatic rings. The molecule has 0 bridgehead atoms. The number of pyridine rings is 2. The first-order valence-electron chi connectivity index (χ1n) is 11.9. The van der Waals surface area contributed by atoms with Crippen LogP contribution in [0.2, 0.25) is 0 Å². The number of amides is 1. The fourth-order valence-electron chi connectivity index (χ4n) is 4.75. The van der Waals surface area contributed by atoms with Crippen LogP contribution in [0.15, 0.2) is 79.1 Å². The molecular formula is C28H25F3N4O. The molecular weight excluding hydrogens is 465 g/mol. The zero-order valence-electron chi connectivity index (χ0n) is 19.5. The number of halogens is 3. The Labute approximate surface area is 206 Å². The molecule has 0 saturated heterocycles. The van der Waals surface area contributed by atoms with Crippen molar-refractivity contribution in [2.24, 2.45) is 5.92 Å². The number of aromatic nitrogens is 2. The molecule has 5 nitrogen and oxygen atoms in total. The van der Waals surface area contributed by atoms with Crippen LogP contribution in [0.5, 0.6) is 0 Å². The zero-order valence-corrected chi connectivity index (χ0v) is 19.5. The number of para-hydroxylation sites is 1. The van der Waals surface area contributed by atoms with Crippen LogP contribution >= 0.6 is 0 Å². The number of carbonyl (C=O) groups excluding carboxylic acids is 1. The molecule has 36 heavy (non-hydrogen) atoms. The molecule has 1 aliphatic carbocycles. The molecule has 1 amide bonds. The highest BCUT2D eigenvalue weighted by Gasteiger charge is 2.33. The number of nitrogens with zero attached hydrogens (tertiary/aromatic N) is 2. The van der Waals surface area contributed by atoms with Crippen LogP contribution in [0, 0.1) is 5.92 Å². The summed E-state index contributed by atoms with van der Waals surface area (Å²) in [5.74, 6) is -0.123. The lowest BCUT2D eigenvalue weighted by Crippen LogP contribution is -2.38. The van der Waals surface area contributed by atoms with E-state index in [2.05, 4.69) is 27.2 Å². The van der Waals surface area contributed by atoms with E-state index in [0.29, 0.717) is 22.5 Å². The summed E-state index contributed by atoms with van der Waals surface area (Å²) in [6.07, 6.45) is 0.168. The van der Waals surface area contributed by atoms with Gasteiger partial charge in [0.25, 0.3) is 5.91 Å². The SMILES string of the molecule is C=C(Nc1cc(C(F)(F)F)nc2ccccc12)[C@H]1CC[C@@H](NC(=O)c2cc3ccccc3cn2)CC1. The van der Waals surface area contributed by atoms with Crippen LogP contribution < -0.4 is 10.6 Å². The lowest BCUT2D eigenvalue weighted by atomic mass is 9.84. The summed E-state index contributed by atoms with van der Waals surface area (Å²) < 4.78 is 40.1. The third-order valence-corrected chi connectivity index (χ3v) is 6.72. The minimum atomic E-state index is -4.54. The third-order valence-electron chi connectivity index (χ3n) is 6.72. The molecule has 0 radical (unpaired) electrons. The van der Waals surface area contributed by atoms with Gasteiger partial charge in [-0.2, -0.15) is 13.2 Å². The second kappa shape index (κ2) is 9.60. The summed E-state index contributed by atoms with van der Waals surface area (Å²) in [4.78, 5) is 20.8. The van der Waals surface area contributed by atoms with Gasteiger partial charge in [-0.05, 0) is 55.2 Å². The Hall–Kier alpha value is -3.94. The normalized spacial score (nSPS) is 18.2. The molecule has 0 unspecified atom stereocenters. The van der Waals surface area contributed by atoms with Gasteiger partial charge in [0.1, 0.15) is 11.4 Å². The minimum Gasteiger partial charge on any atom is -0.359 e. The molecule has 1 fully saturated rings. The number of benzene rings is 2. The first kappa shape index (κ1) is 23.8. The lowest BCUT2D eigenvalue weighted by molar-refractivity contribution is -0.140. The Kier molecular flexibility index (Phi) is 6.35. The van der Waals surface area contributed by atoms with Crippen molar-refractivity contribution in [3.8, 4) is 0 Å². The molecule has 1 aliphatic rings. The Bertz CT molecular complexity index is 1440. The fraction of sp³-hybridized carbons (Fsp3) is 0.250. The van der Waals surface area contributed by atoms with E-state index >= 15 is 0 Å². The number of hydrogen-bond acceptors (Lipinski definition) is 4. The van der Waals surface area contributed by atoms with Crippen molar-refractivity contribution >= 4 is 33.3 Å². The minimum absolute atomic E-state index is 0.00778. The number of rotatable bonds is 5. The number of fused-ring (bicyclic) bond motifs is 2. The number of hydrogen-bond donors (Lipinski definition) is 2. The molecule has 2 heterocycles. The van der Waals surface area contributed by atoms with Gasteiger partial charge in [0.2, 0.25) is 0 Å². The Morgan fingerprint density at radius 3 is 2.39 bits per heavy atom. The molecule has 0 atom stereocenters. The first-order chi connectivity index (χ1) is 17.3. The second-order valence-corrected chi connectivity index (χ2v) is 9.16. The largest absolute Gasteiger partial charge is 0.433 e. The maximum absolute atomic E-state index is 13.4. The van der Waals surface area contributed by atoms with E-state index in [1.54, 1.807) is 36.5 Å². The van der Waals surface area contributed by atoms with Gasteiger partial charge in [-0.15, -0.1) is 0 Å². The first-order valence-corrected chi connectivity index (χ1v) is 11.9. The average molecular weight is 491 g/mol. The Morgan fingerprint density at radius 2 is 1.64 bits per heavy atom. The smallest absolute Gasteiger partial charge is 0.359 e. The Balaban J connectivity index is 1.22. The van der Waals surface area contributed by atoms with Gasteiger partial charge in [-0.1, -0.05) is 49.0 Å². The van der Waals surface area contributed by atoms with Crippen LogP contribution in [0.3, 0.4) is 0 Å². The van der Waals surface area contributed by atoms with Crippen molar-refractivity contribution in [1.82, 2.24) is 15.3 Å². The van der Waals surface area contributed by atoms with Gasteiger partial charge < -0.3 is 10.6 Å². The molecule has 2 aromatic carbocycles. The van der Waals surface area contributed by atoms with Crippen molar-refractivity contribution in [2.45, 2.75) is 37.9 Å². The van der Waals surface area contributed by atoms with Crippen LogP contribution in [0.1, 0.15) is 41.9 Å². The number of alkyl halides is 3. The van der Waals surface area contributed by atoms with Crippen molar-refractivity contribution in [1.29, 1.82) is 0 Å². The van der Waals surface area contributed by atoms with Gasteiger partial charge in [0.15, 0.2) is 0 Å². The van der Waals surface area contributed by atoms with E-state index < -0.39 is 11.9 Å². The van der Waals surface area contributed by atoms with E-state index in [1.165, 1.54) is 0 Å². The quantitative estimate of drug-likeness (QED) is 0.326. The van der Waals surface area contributed by atoms with Gasteiger partial charge in [0.05, 0.1) is 5.52 Å². The fourth-order valence-corrected chi connectivity index (χ4v) is 4.75. The summed E-state index contributed by atoms with van der Waals surface area (Å²) >= 11 is 0. The van der Waals surface area contributed by atoms with Gasteiger partial charge >= 0.3 is 6.18 Å². The third kappa shape index (κ3) is 5.03. The number of allylic oxidation sites excluding steroid dienone is 1. The summed E-state index contributed by atoms with van der Waals surface area (Å²) in [5, 5.41) is 8.75. The second-order valence-electron chi connectivity index (χ2n) is 9.16. The van der Waals surface area contributed by atoms with Crippen molar-refractivity contribution in [3.05, 3.63) is 90.5 Å². The highest BCUT2D eigenvalue weighted by Crippen LogP contribution is 2.35. The predicted molar refractivity (Wildman–Crippen MR) is 134 cm³/mol. The highest BCUT2D eigenvalue weighted by molar-refractivity contribution is 5.96. The van der Waals surface area contributed by atoms with Gasteiger partial charge in [-0.25, -0.2) is 4.98 Å². The van der Waals surface area contributed by atoms with Gasteiger partial charge in [-0.3, -0.25) is 9.78 Å². The maximum atomic E-state index is 13.4. The molecule has 0 aliphatic heterocycles. The van der Waals surface area contributed by atoms with E-state index in [9.17, 15) is 18.0 Å². The standard InChI is InChI=1S/C28H25F3N4O/c1-17(33-24-15-26(28(29,30)31)35-23-9-5-4-8-22(23)24)18-10-12-21(13-11-18)34-27(36)25-14-19-6-2-3-7-20(19)16-32-25/h2-9,14-16,18,21H,1,10-13H2,(H,33,35)(H,34,36)/t18-,21+. The molecule has 2 N–H and O–H groups in total.